The molecule has 34 heavy (non-hydrogen) atoms. The van der Waals surface area contributed by atoms with E-state index in [1.807, 2.05) is 39.0 Å². The Balaban J connectivity index is 1.72. The largest absolute Gasteiger partial charge is 0.358 e. The number of benzene rings is 3. The van der Waals surface area contributed by atoms with Gasteiger partial charge in [0.15, 0.2) is 0 Å². The highest BCUT2D eigenvalue weighted by Crippen LogP contribution is 2.35. The average Bonchev–Trinajstić information content (AvgIpc) is 3.29. The van der Waals surface area contributed by atoms with Gasteiger partial charge in [-0.05, 0) is 66.6 Å². The summed E-state index contributed by atoms with van der Waals surface area (Å²) >= 11 is 1.21. The Labute approximate surface area is 204 Å². The maximum absolute atomic E-state index is 12.6. The second-order valence-corrected chi connectivity index (χ2v) is 10.3. The van der Waals surface area contributed by atoms with E-state index in [2.05, 4.69) is 35.5 Å². The van der Waals surface area contributed by atoms with Crippen LogP contribution in [0.25, 0.3) is 16.7 Å². The molecule has 0 radical (unpaired) electrons. The fourth-order valence-electron chi connectivity index (χ4n) is 3.61. The van der Waals surface area contributed by atoms with Crippen molar-refractivity contribution in [3.63, 3.8) is 0 Å². The second kappa shape index (κ2) is 9.72. The minimum atomic E-state index is -4.07. The van der Waals surface area contributed by atoms with Crippen molar-refractivity contribution in [2.75, 3.05) is 0 Å². The van der Waals surface area contributed by atoms with Gasteiger partial charge in [0.05, 0.1) is 5.57 Å². The molecule has 0 unspecified atom stereocenters. The molecule has 1 aliphatic heterocycles. The van der Waals surface area contributed by atoms with E-state index in [0.717, 1.165) is 27.8 Å². The lowest BCUT2D eigenvalue weighted by Gasteiger charge is -2.13. The van der Waals surface area contributed by atoms with Crippen LogP contribution in [0, 0.1) is 32.1 Å². The van der Waals surface area contributed by atoms with Gasteiger partial charge in [0.2, 0.25) is 0 Å². The third-order valence-corrected chi connectivity index (χ3v) is 7.43. The number of rotatable bonds is 5. The Morgan fingerprint density at radius 1 is 0.941 bits per heavy atom. The molecular formula is C27H22N2O3S2. The van der Waals surface area contributed by atoms with Gasteiger partial charge in [-0.3, -0.25) is 4.28 Å². The summed E-state index contributed by atoms with van der Waals surface area (Å²) in [5, 5.41) is 16.0. The summed E-state index contributed by atoms with van der Waals surface area (Å²) in [4.78, 5) is 0.0195. The first-order valence-corrected chi connectivity index (χ1v) is 12.8. The number of hydrogen-bond donors (Lipinski definition) is 0. The molecule has 0 saturated heterocycles. The van der Waals surface area contributed by atoms with Crippen molar-refractivity contribution in [2.45, 2.75) is 25.7 Å². The second-order valence-electron chi connectivity index (χ2n) is 7.90. The first-order chi connectivity index (χ1) is 16.3. The lowest BCUT2D eigenvalue weighted by molar-refractivity contribution is 0.340. The summed E-state index contributed by atoms with van der Waals surface area (Å²) in [5.41, 5.74) is 6.84. The van der Waals surface area contributed by atoms with Crippen LogP contribution in [0.3, 0.4) is 0 Å². The summed E-state index contributed by atoms with van der Waals surface area (Å²) in [7, 11) is -4.07. The van der Waals surface area contributed by atoms with Gasteiger partial charge < -0.3 is 0 Å². The summed E-state index contributed by atoms with van der Waals surface area (Å²) in [5.74, 6) is 0. The Kier molecular flexibility index (Phi) is 6.73. The summed E-state index contributed by atoms with van der Waals surface area (Å²) in [6.45, 7) is 5.88. The Bertz CT molecular complexity index is 1480. The molecule has 5 nitrogen and oxygen atoms in total. The number of oxime groups is 1. The predicted molar refractivity (Wildman–Crippen MR) is 138 cm³/mol. The molecule has 1 aliphatic rings. The van der Waals surface area contributed by atoms with Crippen LogP contribution in [-0.4, -0.2) is 13.5 Å². The van der Waals surface area contributed by atoms with Crippen molar-refractivity contribution in [1.82, 2.24) is 0 Å². The van der Waals surface area contributed by atoms with Crippen molar-refractivity contribution in [3.05, 3.63) is 106 Å². The van der Waals surface area contributed by atoms with Gasteiger partial charge in [-0.2, -0.15) is 13.7 Å². The van der Waals surface area contributed by atoms with Crippen molar-refractivity contribution in [3.8, 4) is 17.2 Å². The Morgan fingerprint density at radius 3 is 2.24 bits per heavy atom. The molecule has 0 aliphatic carbocycles. The van der Waals surface area contributed by atoms with E-state index in [1.54, 1.807) is 23.6 Å². The van der Waals surface area contributed by atoms with Crippen LogP contribution in [0.5, 0.6) is 0 Å². The number of nitrogens with zero attached hydrogens (tertiary/aromatic N) is 2. The fraction of sp³-hybridized carbons (Fsp3) is 0.111. The maximum atomic E-state index is 12.6. The number of nitriles is 1. The number of allylic oxidation sites excluding steroid dienone is 2. The van der Waals surface area contributed by atoms with Gasteiger partial charge in [0.25, 0.3) is 0 Å². The van der Waals surface area contributed by atoms with Gasteiger partial charge in [-0.25, -0.2) is 0 Å². The van der Waals surface area contributed by atoms with Gasteiger partial charge >= 0.3 is 10.1 Å². The first kappa shape index (κ1) is 23.6. The molecule has 3 aromatic carbocycles. The maximum Gasteiger partial charge on any atom is 0.358 e. The molecule has 0 spiro atoms. The van der Waals surface area contributed by atoms with Gasteiger partial charge in [0, 0.05) is 5.57 Å². The van der Waals surface area contributed by atoms with Gasteiger partial charge in [-0.1, -0.05) is 82.6 Å². The van der Waals surface area contributed by atoms with E-state index in [0.29, 0.717) is 16.2 Å². The molecule has 0 aromatic heterocycles. The Morgan fingerprint density at radius 2 is 1.59 bits per heavy atom. The third kappa shape index (κ3) is 4.84. The molecule has 0 atom stereocenters. The average molecular weight is 487 g/mol. The van der Waals surface area contributed by atoms with E-state index < -0.39 is 10.1 Å². The van der Waals surface area contributed by atoms with Crippen LogP contribution in [0.2, 0.25) is 0 Å². The normalized spacial score (nSPS) is 15.9. The Hall–Kier alpha value is -3.60. The topological polar surface area (TPSA) is 79.5 Å². The monoisotopic (exact) mass is 486 g/mol. The molecule has 0 N–H and O–H groups in total. The quantitative estimate of drug-likeness (QED) is 0.302. The van der Waals surface area contributed by atoms with E-state index in [9.17, 15) is 13.7 Å². The molecule has 7 heteroatoms. The van der Waals surface area contributed by atoms with Crippen LogP contribution in [-0.2, 0) is 14.4 Å². The van der Waals surface area contributed by atoms with Crippen molar-refractivity contribution < 1.29 is 12.7 Å². The van der Waals surface area contributed by atoms with E-state index in [1.165, 1.54) is 29.5 Å². The highest BCUT2D eigenvalue weighted by Gasteiger charge is 2.22. The summed E-state index contributed by atoms with van der Waals surface area (Å²) in [6, 6.07) is 22.7. The molecule has 1 heterocycles. The van der Waals surface area contributed by atoms with Crippen LogP contribution >= 0.6 is 11.8 Å². The SMILES string of the molecule is Cc1ccc(-c2cccc(C(C#N)=C3C=CSC3=NOS(=O)(=O)c3ccc(C)cc3)c2C)cc1. The van der Waals surface area contributed by atoms with E-state index in [-0.39, 0.29) is 4.90 Å². The summed E-state index contributed by atoms with van der Waals surface area (Å²) in [6.07, 6.45) is 1.75. The van der Waals surface area contributed by atoms with E-state index >= 15 is 0 Å². The molecule has 0 bridgehead atoms. The zero-order chi connectivity index (χ0) is 24.3. The first-order valence-electron chi connectivity index (χ1n) is 10.5. The number of hydrogen-bond acceptors (Lipinski definition) is 6. The summed E-state index contributed by atoms with van der Waals surface area (Å²) < 4.78 is 30.1. The standard InChI is InChI=1S/C27H22N2O3S2/c1-18-7-11-21(12-8-18)23-5-4-6-24(20(23)3)26(17-28)25-15-16-33-27(25)29-32-34(30,31)22-13-9-19(2)10-14-22/h4-16H,1-3H3. The highest BCUT2D eigenvalue weighted by molar-refractivity contribution is 8.17. The van der Waals surface area contributed by atoms with Crippen molar-refractivity contribution >= 4 is 32.5 Å². The van der Waals surface area contributed by atoms with Gasteiger partial charge in [-0.15, -0.1) is 0 Å². The highest BCUT2D eigenvalue weighted by atomic mass is 32.2. The van der Waals surface area contributed by atoms with E-state index in [4.69, 9.17) is 4.28 Å². The minimum absolute atomic E-state index is 0.0195. The minimum Gasteiger partial charge on any atom is -0.264 e. The van der Waals surface area contributed by atoms with Crippen LogP contribution in [0.15, 0.2) is 93.8 Å². The van der Waals surface area contributed by atoms with Crippen LogP contribution < -0.4 is 0 Å². The van der Waals surface area contributed by atoms with Gasteiger partial charge in [0.1, 0.15) is 16.0 Å². The molecule has 0 amide bonds. The van der Waals surface area contributed by atoms with Crippen LogP contribution in [0.4, 0.5) is 0 Å². The zero-order valence-corrected chi connectivity index (χ0v) is 20.6. The third-order valence-electron chi connectivity index (χ3n) is 5.52. The predicted octanol–water partition coefficient (Wildman–Crippen LogP) is 6.54. The number of thioether (sulfide) groups is 1. The number of aryl methyl sites for hydroxylation is 2. The molecule has 170 valence electrons. The smallest absolute Gasteiger partial charge is 0.264 e. The molecule has 0 fully saturated rings. The van der Waals surface area contributed by atoms with Crippen LogP contribution in [0.1, 0.15) is 22.3 Å². The molecule has 4 rings (SSSR count). The molecular weight excluding hydrogens is 464 g/mol. The zero-order valence-electron chi connectivity index (χ0n) is 18.9. The lowest BCUT2D eigenvalue weighted by Crippen LogP contribution is -2.05. The lowest BCUT2D eigenvalue weighted by atomic mass is 9.91. The fourth-order valence-corrected chi connectivity index (χ4v) is 5.10. The molecule has 0 saturated carbocycles. The van der Waals surface area contributed by atoms with Crippen molar-refractivity contribution in [1.29, 1.82) is 5.26 Å². The molecule has 3 aromatic rings. The van der Waals surface area contributed by atoms with Crippen molar-refractivity contribution in [2.24, 2.45) is 5.16 Å².